The van der Waals surface area contributed by atoms with Crippen molar-refractivity contribution in [1.82, 2.24) is 4.98 Å². The van der Waals surface area contributed by atoms with E-state index in [2.05, 4.69) is 4.98 Å². The topological polar surface area (TPSA) is 30.0 Å². The molecule has 3 rings (SSSR count). The molecule has 0 atom stereocenters. The molecule has 2 aromatic carbocycles. The van der Waals surface area contributed by atoms with E-state index in [1.165, 1.54) is 17.4 Å². The van der Waals surface area contributed by atoms with Crippen LogP contribution in [0.4, 0.5) is 4.39 Å². The first-order valence-corrected chi connectivity index (χ1v) is 7.09. The van der Waals surface area contributed by atoms with Gasteiger partial charge in [-0.25, -0.2) is 9.37 Å². The molecule has 0 radical (unpaired) electrons. The summed E-state index contributed by atoms with van der Waals surface area (Å²) in [7, 11) is 0. The smallest absolute Gasteiger partial charge is 0.169 e. The number of thiazole rings is 1. The Hall–Kier alpha value is -2.07. The zero-order valence-electron chi connectivity index (χ0n) is 10.9. The van der Waals surface area contributed by atoms with Gasteiger partial charge in [-0.3, -0.25) is 4.79 Å². The Morgan fingerprint density at radius 1 is 1.25 bits per heavy atom. The van der Waals surface area contributed by atoms with Crippen molar-refractivity contribution in [3.8, 4) is 0 Å². The van der Waals surface area contributed by atoms with Crippen molar-refractivity contribution in [2.24, 2.45) is 0 Å². The fraction of sp³-hybridized carbons (Fsp3) is 0.125. The lowest BCUT2D eigenvalue weighted by Crippen LogP contribution is -2.04. The molecule has 0 aliphatic heterocycles. The van der Waals surface area contributed by atoms with E-state index in [1.807, 2.05) is 24.3 Å². The summed E-state index contributed by atoms with van der Waals surface area (Å²) >= 11 is 1.50. The number of aryl methyl sites for hydroxylation is 1. The highest BCUT2D eigenvalue weighted by Crippen LogP contribution is 2.23. The van der Waals surface area contributed by atoms with E-state index in [9.17, 15) is 9.18 Å². The van der Waals surface area contributed by atoms with Crippen LogP contribution in [0.15, 0.2) is 42.5 Å². The minimum absolute atomic E-state index is 0.108. The predicted molar refractivity (Wildman–Crippen MR) is 78.8 cm³/mol. The number of Topliss-reactive ketones (excluding diaryl/α,β-unsaturated/α-hetero) is 1. The second-order valence-electron chi connectivity index (χ2n) is 4.64. The quantitative estimate of drug-likeness (QED) is 0.676. The largest absolute Gasteiger partial charge is 0.294 e. The van der Waals surface area contributed by atoms with Crippen LogP contribution in [0.5, 0.6) is 0 Å². The predicted octanol–water partition coefficient (Wildman–Crippen LogP) is 4.17. The first-order chi connectivity index (χ1) is 9.63. The molecule has 20 heavy (non-hydrogen) atoms. The lowest BCUT2D eigenvalue weighted by molar-refractivity contribution is 0.0992. The third kappa shape index (κ3) is 2.47. The normalized spacial score (nSPS) is 10.9. The summed E-state index contributed by atoms with van der Waals surface area (Å²) in [5, 5.41) is 0.761. The molecule has 0 aliphatic carbocycles. The summed E-state index contributed by atoms with van der Waals surface area (Å²) in [6.45, 7) is 1.68. The number of hydrogen-bond donors (Lipinski definition) is 0. The van der Waals surface area contributed by atoms with Gasteiger partial charge >= 0.3 is 0 Å². The fourth-order valence-corrected chi connectivity index (χ4v) is 2.97. The van der Waals surface area contributed by atoms with Gasteiger partial charge in [-0.15, -0.1) is 11.3 Å². The lowest BCUT2D eigenvalue weighted by Gasteiger charge is -2.01. The van der Waals surface area contributed by atoms with Crippen LogP contribution in [-0.4, -0.2) is 10.8 Å². The summed E-state index contributed by atoms with van der Waals surface area (Å²) in [4.78, 5) is 16.6. The molecular weight excluding hydrogens is 273 g/mol. The van der Waals surface area contributed by atoms with Gasteiger partial charge in [0.15, 0.2) is 5.78 Å². The van der Waals surface area contributed by atoms with E-state index in [0.717, 1.165) is 15.2 Å². The fourth-order valence-electron chi connectivity index (χ4n) is 2.00. The van der Waals surface area contributed by atoms with E-state index >= 15 is 0 Å². The van der Waals surface area contributed by atoms with Crippen LogP contribution in [0.2, 0.25) is 0 Å². The number of carbonyl (C=O) groups is 1. The summed E-state index contributed by atoms with van der Waals surface area (Å²) < 4.78 is 14.5. The van der Waals surface area contributed by atoms with Crippen molar-refractivity contribution in [1.29, 1.82) is 0 Å². The van der Waals surface area contributed by atoms with Crippen LogP contribution in [-0.2, 0) is 6.42 Å². The summed E-state index contributed by atoms with van der Waals surface area (Å²) in [5.41, 5.74) is 1.84. The summed E-state index contributed by atoms with van der Waals surface area (Å²) in [5.74, 6) is -0.455. The lowest BCUT2D eigenvalue weighted by atomic mass is 10.1. The number of para-hydroxylation sites is 1. The SMILES string of the molecule is Cc1ccc(C(=O)Cc2nc3ccccc3s2)cc1F. The van der Waals surface area contributed by atoms with Gasteiger partial charge in [0.25, 0.3) is 0 Å². The van der Waals surface area contributed by atoms with Gasteiger partial charge in [-0.1, -0.05) is 24.3 Å². The molecule has 0 N–H and O–H groups in total. The number of halogens is 1. The summed E-state index contributed by atoms with van der Waals surface area (Å²) in [6, 6.07) is 12.3. The molecule has 0 amide bonds. The average molecular weight is 285 g/mol. The van der Waals surface area contributed by atoms with E-state index < -0.39 is 0 Å². The number of nitrogens with zero attached hydrogens (tertiary/aromatic N) is 1. The van der Waals surface area contributed by atoms with Gasteiger partial charge < -0.3 is 0 Å². The second-order valence-corrected chi connectivity index (χ2v) is 5.75. The number of carbonyl (C=O) groups excluding carboxylic acids is 1. The zero-order chi connectivity index (χ0) is 14.1. The van der Waals surface area contributed by atoms with Crippen molar-refractivity contribution < 1.29 is 9.18 Å². The number of hydrogen-bond acceptors (Lipinski definition) is 3. The van der Waals surface area contributed by atoms with Crippen molar-refractivity contribution in [2.45, 2.75) is 13.3 Å². The van der Waals surface area contributed by atoms with E-state index in [1.54, 1.807) is 19.1 Å². The Morgan fingerprint density at radius 2 is 2.05 bits per heavy atom. The van der Waals surface area contributed by atoms with E-state index in [4.69, 9.17) is 0 Å². The molecule has 0 unspecified atom stereocenters. The van der Waals surface area contributed by atoms with E-state index in [-0.39, 0.29) is 18.0 Å². The third-order valence-corrected chi connectivity index (χ3v) is 4.18. The van der Waals surface area contributed by atoms with Gasteiger partial charge in [0.1, 0.15) is 10.8 Å². The molecule has 100 valence electrons. The second kappa shape index (κ2) is 5.13. The Labute approximate surface area is 119 Å². The highest BCUT2D eigenvalue weighted by atomic mass is 32.1. The highest BCUT2D eigenvalue weighted by molar-refractivity contribution is 7.18. The van der Waals surface area contributed by atoms with Gasteiger partial charge in [0.2, 0.25) is 0 Å². The van der Waals surface area contributed by atoms with Gasteiger partial charge in [0.05, 0.1) is 16.6 Å². The molecule has 0 saturated carbocycles. The Bertz CT molecular complexity index is 761. The summed E-state index contributed by atoms with van der Waals surface area (Å²) in [6.07, 6.45) is 0.210. The maximum atomic E-state index is 13.5. The minimum Gasteiger partial charge on any atom is -0.294 e. The van der Waals surface area contributed by atoms with Crippen LogP contribution in [0.1, 0.15) is 20.9 Å². The molecule has 1 heterocycles. The first kappa shape index (κ1) is 12.9. The van der Waals surface area contributed by atoms with Crippen molar-refractivity contribution in [3.05, 3.63) is 64.4 Å². The Kier molecular flexibility index (Phi) is 3.32. The molecule has 4 heteroatoms. The van der Waals surface area contributed by atoms with Crippen molar-refractivity contribution in [2.75, 3.05) is 0 Å². The Morgan fingerprint density at radius 3 is 2.80 bits per heavy atom. The van der Waals surface area contributed by atoms with Crippen LogP contribution >= 0.6 is 11.3 Å². The van der Waals surface area contributed by atoms with Gasteiger partial charge in [-0.2, -0.15) is 0 Å². The zero-order valence-corrected chi connectivity index (χ0v) is 11.7. The molecule has 0 saturated heterocycles. The highest BCUT2D eigenvalue weighted by Gasteiger charge is 2.12. The molecule has 1 aromatic heterocycles. The molecule has 2 nitrogen and oxygen atoms in total. The number of ketones is 1. The molecule has 0 fully saturated rings. The number of fused-ring (bicyclic) bond motifs is 1. The third-order valence-electron chi connectivity index (χ3n) is 3.14. The van der Waals surface area contributed by atoms with Crippen LogP contribution in [0.3, 0.4) is 0 Å². The molecule has 0 bridgehead atoms. The molecule has 3 aromatic rings. The molecule has 0 aliphatic rings. The molecular formula is C16H12FNOS. The average Bonchev–Trinajstić information content (AvgIpc) is 2.83. The first-order valence-electron chi connectivity index (χ1n) is 6.27. The van der Waals surface area contributed by atoms with Crippen molar-refractivity contribution in [3.63, 3.8) is 0 Å². The number of aromatic nitrogens is 1. The number of rotatable bonds is 3. The maximum absolute atomic E-state index is 13.5. The minimum atomic E-state index is -0.347. The maximum Gasteiger partial charge on any atom is 0.169 e. The standard InChI is InChI=1S/C16H12FNOS/c1-10-6-7-11(8-12(10)17)14(19)9-16-18-13-4-2-3-5-15(13)20-16/h2-8H,9H2,1H3. The Balaban J connectivity index is 1.86. The van der Waals surface area contributed by atoms with Crippen molar-refractivity contribution >= 4 is 27.3 Å². The van der Waals surface area contributed by atoms with Gasteiger partial charge in [0, 0.05) is 5.56 Å². The molecule has 0 spiro atoms. The van der Waals surface area contributed by atoms with Crippen LogP contribution in [0.25, 0.3) is 10.2 Å². The monoisotopic (exact) mass is 285 g/mol. The van der Waals surface area contributed by atoms with E-state index in [0.29, 0.717) is 11.1 Å². The number of benzene rings is 2. The van der Waals surface area contributed by atoms with Gasteiger partial charge in [-0.05, 0) is 30.7 Å². The van der Waals surface area contributed by atoms with Crippen LogP contribution in [0, 0.1) is 12.7 Å². The van der Waals surface area contributed by atoms with Crippen LogP contribution < -0.4 is 0 Å².